The van der Waals surface area contributed by atoms with Gasteiger partial charge in [-0.3, -0.25) is 24.6 Å². The van der Waals surface area contributed by atoms with Crippen molar-refractivity contribution in [2.24, 2.45) is 11.8 Å². The SMILES string of the molecule is CNC(=O)NC(=O)CN1C(=O)[C@@H]2CCCC[C@H]2C1=O. The maximum absolute atomic E-state index is 12.1. The van der Waals surface area contributed by atoms with Crippen LogP contribution in [0, 0.1) is 11.8 Å². The first-order valence-corrected chi connectivity index (χ1v) is 6.41. The molecule has 0 bridgehead atoms. The van der Waals surface area contributed by atoms with E-state index in [1.807, 2.05) is 5.32 Å². The molecule has 0 unspecified atom stereocenters. The van der Waals surface area contributed by atoms with E-state index in [0.29, 0.717) is 12.8 Å². The molecule has 0 spiro atoms. The predicted octanol–water partition coefficient (Wildman–Crippen LogP) is -0.383. The Kier molecular flexibility index (Phi) is 3.82. The van der Waals surface area contributed by atoms with Crippen molar-refractivity contribution in [3.8, 4) is 0 Å². The first-order chi connectivity index (χ1) is 9.04. The summed E-state index contributed by atoms with van der Waals surface area (Å²) in [5.41, 5.74) is 0. The normalized spacial score (nSPS) is 26.1. The lowest BCUT2D eigenvalue weighted by molar-refractivity contribution is -0.143. The van der Waals surface area contributed by atoms with Crippen LogP contribution in [0.2, 0.25) is 0 Å². The second-order valence-corrected chi connectivity index (χ2v) is 4.89. The fraction of sp³-hybridized carbons (Fsp3) is 0.667. The quantitative estimate of drug-likeness (QED) is 0.666. The second kappa shape index (κ2) is 5.38. The number of fused-ring (bicyclic) bond motifs is 1. The van der Waals surface area contributed by atoms with E-state index in [9.17, 15) is 19.2 Å². The summed E-state index contributed by atoms with van der Waals surface area (Å²) in [6, 6.07) is -0.651. The van der Waals surface area contributed by atoms with E-state index in [1.165, 1.54) is 7.05 Å². The van der Waals surface area contributed by atoms with Crippen molar-refractivity contribution < 1.29 is 19.2 Å². The third-order valence-electron chi connectivity index (χ3n) is 3.71. The van der Waals surface area contributed by atoms with Gasteiger partial charge in [0.05, 0.1) is 11.8 Å². The fourth-order valence-electron chi connectivity index (χ4n) is 2.76. The summed E-state index contributed by atoms with van der Waals surface area (Å²) >= 11 is 0. The molecule has 0 aromatic carbocycles. The minimum atomic E-state index is -0.653. The largest absolute Gasteiger partial charge is 0.341 e. The zero-order valence-corrected chi connectivity index (χ0v) is 10.8. The highest BCUT2D eigenvalue weighted by atomic mass is 16.2. The molecule has 2 atom stereocenters. The molecule has 5 amide bonds. The lowest BCUT2D eigenvalue weighted by Crippen LogP contribution is -2.45. The third kappa shape index (κ3) is 2.59. The van der Waals surface area contributed by atoms with Crippen LogP contribution < -0.4 is 10.6 Å². The van der Waals surface area contributed by atoms with E-state index < -0.39 is 11.9 Å². The van der Waals surface area contributed by atoms with Crippen molar-refractivity contribution in [1.29, 1.82) is 0 Å². The van der Waals surface area contributed by atoms with Crippen LogP contribution in [-0.2, 0) is 14.4 Å². The minimum Gasteiger partial charge on any atom is -0.341 e. The Bertz CT molecular complexity index is 411. The van der Waals surface area contributed by atoms with Crippen LogP contribution in [0.4, 0.5) is 4.79 Å². The van der Waals surface area contributed by atoms with Gasteiger partial charge in [0.2, 0.25) is 17.7 Å². The van der Waals surface area contributed by atoms with Crippen LogP contribution in [-0.4, -0.2) is 42.2 Å². The Balaban J connectivity index is 2.00. The van der Waals surface area contributed by atoms with Crippen LogP contribution in [0.25, 0.3) is 0 Å². The van der Waals surface area contributed by atoms with Gasteiger partial charge in [0.25, 0.3) is 0 Å². The smallest absolute Gasteiger partial charge is 0.321 e. The Morgan fingerprint density at radius 3 is 2.16 bits per heavy atom. The number of carbonyl (C=O) groups excluding carboxylic acids is 4. The Labute approximate surface area is 110 Å². The van der Waals surface area contributed by atoms with Gasteiger partial charge in [-0.2, -0.15) is 0 Å². The van der Waals surface area contributed by atoms with E-state index in [0.717, 1.165) is 17.7 Å². The average molecular weight is 267 g/mol. The second-order valence-electron chi connectivity index (χ2n) is 4.89. The van der Waals surface area contributed by atoms with Crippen LogP contribution in [0.5, 0.6) is 0 Å². The van der Waals surface area contributed by atoms with Crippen LogP contribution in [0.1, 0.15) is 25.7 Å². The molecule has 1 aliphatic heterocycles. The molecule has 1 saturated heterocycles. The Hall–Kier alpha value is -1.92. The van der Waals surface area contributed by atoms with E-state index >= 15 is 0 Å². The molecule has 0 aromatic rings. The maximum atomic E-state index is 12.1. The van der Waals surface area contributed by atoms with Gasteiger partial charge in [-0.25, -0.2) is 4.79 Å². The van der Waals surface area contributed by atoms with Crippen LogP contribution in [0.3, 0.4) is 0 Å². The van der Waals surface area contributed by atoms with Gasteiger partial charge in [-0.05, 0) is 12.8 Å². The summed E-state index contributed by atoms with van der Waals surface area (Å²) in [6.07, 6.45) is 3.31. The summed E-state index contributed by atoms with van der Waals surface area (Å²) in [5, 5.41) is 4.28. The summed E-state index contributed by atoms with van der Waals surface area (Å²) in [5.74, 6) is -1.74. The molecule has 2 rings (SSSR count). The van der Waals surface area contributed by atoms with Gasteiger partial charge in [0.15, 0.2) is 0 Å². The molecule has 1 aliphatic carbocycles. The third-order valence-corrected chi connectivity index (χ3v) is 3.71. The molecular formula is C12H17N3O4. The first-order valence-electron chi connectivity index (χ1n) is 6.41. The highest BCUT2D eigenvalue weighted by molar-refractivity contribution is 6.08. The topological polar surface area (TPSA) is 95.6 Å². The first kappa shape index (κ1) is 13.5. The van der Waals surface area contributed by atoms with Gasteiger partial charge >= 0.3 is 6.03 Å². The van der Waals surface area contributed by atoms with Crippen molar-refractivity contribution >= 4 is 23.8 Å². The average Bonchev–Trinajstić information content (AvgIpc) is 2.64. The molecule has 7 heteroatoms. The molecule has 104 valence electrons. The molecule has 19 heavy (non-hydrogen) atoms. The van der Waals surface area contributed by atoms with Crippen molar-refractivity contribution in [2.45, 2.75) is 25.7 Å². The van der Waals surface area contributed by atoms with Crippen molar-refractivity contribution in [3.05, 3.63) is 0 Å². The summed E-state index contributed by atoms with van der Waals surface area (Å²) in [7, 11) is 1.38. The number of urea groups is 1. The number of likely N-dealkylation sites (tertiary alicyclic amines) is 1. The molecular weight excluding hydrogens is 250 g/mol. The number of amides is 5. The summed E-state index contributed by atoms with van der Waals surface area (Å²) in [6.45, 7) is -0.377. The van der Waals surface area contributed by atoms with Gasteiger partial charge in [0, 0.05) is 7.05 Å². The number of nitrogens with zero attached hydrogens (tertiary/aromatic N) is 1. The maximum Gasteiger partial charge on any atom is 0.321 e. The number of carbonyl (C=O) groups is 4. The zero-order chi connectivity index (χ0) is 14.0. The standard InChI is InChI=1S/C12H17N3O4/c1-13-12(19)14-9(16)6-15-10(17)7-4-2-3-5-8(7)11(15)18/h7-8H,2-6H2,1H3,(H2,13,14,16,19)/t7-,8-/m1/s1. The fourth-order valence-corrected chi connectivity index (χ4v) is 2.76. The molecule has 0 aromatic heterocycles. The monoisotopic (exact) mass is 267 g/mol. The number of imide groups is 2. The predicted molar refractivity (Wildman–Crippen MR) is 64.8 cm³/mol. The molecule has 1 saturated carbocycles. The van der Waals surface area contributed by atoms with E-state index in [4.69, 9.17) is 0 Å². The van der Waals surface area contributed by atoms with Crippen molar-refractivity contribution in [2.75, 3.05) is 13.6 Å². The van der Waals surface area contributed by atoms with Gasteiger partial charge < -0.3 is 5.32 Å². The Morgan fingerprint density at radius 2 is 1.68 bits per heavy atom. The lowest BCUT2D eigenvalue weighted by atomic mass is 9.81. The number of nitrogens with one attached hydrogen (secondary N) is 2. The molecule has 2 aliphatic rings. The lowest BCUT2D eigenvalue weighted by Gasteiger charge is -2.19. The van der Waals surface area contributed by atoms with Crippen molar-refractivity contribution in [3.63, 3.8) is 0 Å². The van der Waals surface area contributed by atoms with Crippen LogP contribution in [0.15, 0.2) is 0 Å². The molecule has 0 radical (unpaired) electrons. The number of hydrogen-bond donors (Lipinski definition) is 2. The van der Waals surface area contributed by atoms with Gasteiger partial charge in [-0.1, -0.05) is 12.8 Å². The molecule has 7 nitrogen and oxygen atoms in total. The zero-order valence-electron chi connectivity index (χ0n) is 10.8. The van der Waals surface area contributed by atoms with E-state index in [2.05, 4.69) is 5.32 Å². The molecule has 2 fully saturated rings. The van der Waals surface area contributed by atoms with Gasteiger partial charge in [0.1, 0.15) is 6.54 Å². The number of rotatable bonds is 2. The van der Waals surface area contributed by atoms with Gasteiger partial charge in [-0.15, -0.1) is 0 Å². The minimum absolute atomic E-state index is 0.269. The highest BCUT2D eigenvalue weighted by Crippen LogP contribution is 2.37. The molecule has 2 N–H and O–H groups in total. The number of hydrogen-bond acceptors (Lipinski definition) is 4. The summed E-state index contributed by atoms with van der Waals surface area (Å²) in [4.78, 5) is 47.6. The van der Waals surface area contributed by atoms with E-state index in [1.54, 1.807) is 0 Å². The van der Waals surface area contributed by atoms with E-state index in [-0.39, 0.29) is 30.2 Å². The molecule has 1 heterocycles. The van der Waals surface area contributed by atoms with Crippen molar-refractivity contribution in [1.82, 2.24) is 15.5 Å². The highest BCUT2D eigenvalue weighted by Gasteiger charge is 2.48. The van der Waals surface area contributed by atoms with Crippen LogP contribution >= 0.6 is 0 Å². The summed E-state index contributed by atoms with van der Waals surface area (Å²) < 4.78 is 0. The Morgan fingerprint density at radius 1 is 1.16 bits per heavy atom.